The molecule has 0 aromatic carbocycles. The van der Waals surface area contributed by atoms with E-state index in [1.54, 1.807) is 9.80 Å². The summed E-state index contributed by atoms with van der Waals surface area (Å²) in [6.45, 7) is 3.30. The van der Waals surface area contributed by atoms with E-state index >= 15 is 0 Å². The van der Waals surface area contributed by atoms with Crippen molar-refractivity contribution in [2.24, 2.45) is 0 Å². The molecule has 134 valence electrons. The van der Waals surface area contributed by atoms with Crippen LogP contribution in [0.5, 0.6) is 0 Å². The van der Waals surface area contributed by atoms with Gasteiger partial charge in [0, 0.05) is 46.2 Å². The van der Waals surface area contributed by atoms with Crippen molar-refractivity contribution in [3.05, 3.63) is 5.82 Å². The molecule has 0 radical (unpaired) electrons. The second kappa shape index (κ2) is 6.12. The van der Waals surface area contributed by atoms with Gasteiger partial charge >= 0.3 is 0 Å². The van der Waals surface area contributed by atoms with Crippen molar-refractivity contribution < 1.29 is 9.59 Å². The predicted molar refractivity (Wildman–Crippen MR) is 91.5 cm³/mol. The average molecular weight is 345 g/mol. The summed E-state index contributed by atoms with van der Waals surface area (Å²) in [5.74, 6) is 2.41. The Kier molecular flexibility index (Phi) is 3.93. The Hall–Kier alpha value is -2.45. The molecule has 1 aromatic rings. The van der Waals surface area contributed by atoms with Gasteiger partial charge in [0.25, 0.3) is 0 Å². The van der Waals surface area contributed by atoms with E-state index in [-0.39, 0.29) is 24.9 Å². The molecule has 9 heteroatoms. The van der Waals surface area contributed by atoms with E-state index in [1.165, 1.54) is 0 Å². The van der Waals surface area contributed by atoms with Crippen LogP contribution in [0, 0.1) is 0 Å². The summed E-state index contributed by atoms with van der Waals surface area (Å²) in [7, 11) is 3.62. The van der Waals surface area contributed by atoms with Gasteiger partial charge < -0.3 is 19.6 Å². The number of amides is 2. The maximum Gasteiger partial charge on any atom is 0.242 e. The van der Waals surface area contributed by atoms with Crippen LogP contribution >= 0.6 is 0 Å². The fourth-order valence-corrected chi connectivity index (χ4v) is 3.03. The van der Waals surface area contributed by atoms with Gasteiger partial charge in [-0.05, 0) is 12.8 Å². The standard InChI is InChI=1S/C16H23N7O2/c1-20-5-7-22(9-12(20)24)15-17-14(11-3-4-11)18-16(19-15)23-8-6-21(2)13(25)10-23/h11H,3-10H2,1-2H3. The van der Waals surface area contributed by atoms with Crippen molar-refractivity contribution in [1.82, 2.24) is 24.8 Å². The minimum Gasteiger partial charge on any atom is -0.342 e. The van der Waals surface area contributed by atoms with Crippen molar-refractivity contribution in [2.45, 2.75) is 18.8 Å². The molecular weight excluding hydrogens is 322 g/mol. The SMILES string of the molecule is CN1CCN(c2nc(C3CC3)nc(N3CCN(C)C(=O)C3)n2)CC1=O. The minimum absolute atomic E-state index is 0.0657. The first-order valence-electron chi connectivity index (χ1n) is 8.75. The highest BCUT2D eigenvalue weighted by atomic mass is 16.2. The van der Waals surface area contributed by atoms with Crippen molar-refractivity contribution in [3.63, 3.8) is 0 Å². The van der Waals surface area contributed by atoms with Crippen LogP contribution in [-0.4, -0.2) is 89.9 Å². The van der Waals surface area contributed by atoms with Crippen molar-refractivity contribution in [2.75, 3.05) is 63.2 Å². The molecular formula is C16H23N7O2. The van der Waals surface area contributed by atoms with E-state index in [2.05, 4.69) is 15.0 Å². The average Bonchev–Trinajstić information content (AvgIpc) is 3.44. The summed E-state index contributed by atoms with van der Waals surface area (Å²) in [5, 5.41) is 0. The molecule has 3 fully saturated rings. The summed E-state index contributed by atoms with van der Waals surface area (Å²) in [4.78, 5) is 45.2. The Morgan fingerprint density at radius 3 is 1.64 bits per heavy atom. The summed E-state index contributed by atoms with van der Waals surface area (Å²) in [5.41, 5.74) is 0. The second-order valence-corrected chi connectivity index (χ2v) is 7.04. The lowest BCUT2D eigenvalue weighted by atomic mass is 10.3. The lowest BCUT2D eigenvalue weighted by molar-refractivity contribution is -0.130. The van der Waals surface area contributed by atoms with E-state index in [1.807, 2.05) is 23.9 Å². The highest BCUT2D eigenvalue weighted by molar-refractivity contribution is 5.82. The number of piperazine rings is 2. The highest BCUT2D eigenvalue weighted by Gasteiger charge is 2.32. The van der Waals surface area contributed by atoms with Crippen molar-refractivity contribution >= 4 is 23.7 Å². The normalized spacial score (nSPS) is 22.0. The molecule has 0 bridgehead atoms. The molecule has 1 aromatic heterocycles. The smallest absolute Gasteiger partial charge is 0.242 e. The Morgan fingerprint density at radius 1 is 0.760 bits per heavy atom. The maximum atomic E-state index is 12.0. The van der Waals surface area contributed by atoms with Gasteiger partial charge in [0.1, 0.15) is 5.82 Å². The summed E-state index contributed by atoms with van der Waals surface area (Å²) in [6.07, 6.45) is 2.18. The first kappa shape index (κ1) is 16.0. The number of nitrogens with zero attached hydrogens (tertiary/aromatic N) is 7. The zero-order valence-electron chi connectivity index (χ0n) is 14.7. The van der Waals surface area contributed by atoms with Gasteiger partial charge in [0.05, 0.1) is 13.1 Å². The van der Waals surface area contributed by atoms with Crippen molar-refractivity contribution in [3.8, 4) is 0 Å². The van der Waals surface area contributed by atoms with E-state index in [9.17, 15) is 9.59 Å². The number of carbonyl (C=O) groups excluding carboxylic acids is 2. The van der Waals surface area contributed by atoms with Crippen LogP contribution in [0.2, 0.25) is 0 Å². The molecule has 0 atom stereocenters. The quantitative estimate of drug-likeness (QED) is 0.716. The van der Waals surface area contributed by atoms with Crippen LogP contribution < -0.4 is 9.80 Å². The third kappa shape index (κ3) is 3.22. The second-order valence-electron chi connectivity index (χ2n) is 7.04. The molecule has 2 amide bonds. The lowest BCUT2D eigenvalue weighted by Gasteiger charge is -2.34. The predicted octanol–water partition coefficient (Wildman–Crippen LogP) is -0.694. The number of hydrogen-bond donors (Lipinski definition) is 0. The summed E-state index contributed by atoms with van der Waals surface area (Å²) < 4.78 is 0. The summed E-state index contributed by atoms with van der Waals surface area (Å²) >= 11 is 0. The fourth-order valence-electron chi connectivity index (χ4n) is 3.03. The number of aromatic nitrogens is 3. The molecule has 0 N–H and O–H groups in total. The van der Waals surface area contributed by atoms with E-state index in [0.717, 1.165) is 18.7 Å². The summed E-state index contributed by atoms with van der Waals surface area (Å²) in [6, 6.07) is 0. The number of carbonyl (C=O) groups is 2. The van der Waals surface area contributed by atoms with Gasteiger partial charge in [0.2, 0.25) is 23.7 Å². The fraction of sp³-hybridized carbons (Fsp3) is 0.688. The van der Waals surface area contributed by atoms with E-state index < -0.39 is 0 Å². The van der Waals surface area contributed by atoms with E-state index in [4.69, 9.17) is 0 Å². The van der Waals surface area contributed by atoms with Crippen LogP contribution in [0.1, 0.15) is 24.6 Å². The Morgan fingerprint density at radius 2 is 1.24 bits per heavy atom. The molecule has 3 aliphatic rings. The van der Waals surface area contributed by atoms with Gasteiger partial charge in [-0.3, -0.25) is 9.59 Å². The molecule has 9 nitrogen and oxygen atoms in total. The number of anilines is 2. The Balaban J connectivity index is 1.62. The zero-order valence-corrected chi connectivity index (χ0v) is 14.7. The largest absolute Gasteiger partial charge is 0.342 e. The topological polar surface area (TPSA) is 85.8 Å². The van der Waals surface area contributed by atoms with E-state index in [0.29, 0.717) is 44.0 Å². The molecule has 0 unspecified atom stereocenters. The van der Waals surface area contributed by atoms with Gasteiger partial charge in [0.15, 0.2) is 0 Å². The number of hydrogen-bond acceptors (Lipinski definition) is 7. The van der Waals surface area contributed by atoms with Gasteiger partial charge in [-0.2, -0.15) is 15.0 Å². The van der Waals surface area contributed by atoms with Crippen molar-refractivity contribution in [1.29, 1.82) is 0 Å². The van der Waals surface area contributed by atoms with Crippen LogP contribution in [0.4, 0.5) is 11.9 Å². The monoisotopic (exact) mass is 345 g/mol. The first-order chi connectivity index (χ1) is 12.0. The first-order valence-corrected chi connectivity index (χ1v) is 8.75. The molecule has 1 saturated carbocycles. The van der Waals surface area contributed by atoms with Crippen LogP contribution in [0.15, 0.2) is 0 Å². The highest BCUT2D eigenvalue weighted by Crippen LogP contribution is 2.39. The Labute approximate surface area is 146 Å². The molecule has 3 heterocycles. The maximum absolute atomic E-state index is 12.0. The zero-order chi connectivity index (χ0) is 17.6. The number of likely N-dealkylation sites (N-methyl/N-ethyl adjacent to an activating group) is 2. The third-order valence-electron chi connectivity index (χ3n) is 5.05. The molecule has 4 rings (SSSR count). The van der Waals surface area contributed by atoms with Crippen LogP contribution in [0.25, 0.3) is 0 Å². The molecule has 25 heavy (non-hydrogen) atoms. The van der Waals surface area contributed by atoms with Crippen LogP contribution in [-0.2, 0) is 9.59 Å². The minimum atomic E-state index is 0.0657. The van der Waals surface area contributed by atoms with Gasteiger partial charge in [-0.25, -0.2) is 0 Å². The van der Waals surface area contributed by atoms with Gasteiger partial charge in [-0.1, -0.05) is 0 Å². The molecule has 0 spiro atoms. The molecule has 1 aliphatic carbocycles. The molecule has 2 aliphatic heterocycles. The lowest BCUT2D eigenvalue weighted by Crippen LogP contribution is -2.50. The van der Waals surface area contributed by atoms with Gasteiger partial charge in [-0.15, -0.1) is 0 Å². The Bertz CT molecular complexity index is 655. The third-order valence-corrected chi connectivity index (χ3v) is 5.05. The van der Waals surface area contributed by atoms with Crippen LogP contribution in [0.3, 0.4) is 0 Å². The number of rotatable bonds is 3. The molecule has 2 saturated heterocycles.